The average Bonchev–Trinajstić information content (AvgIpc) is 3.19. The van der Waals surface area contributed by atoms with Crippen LogP contribution in [0.2, 0.25) is 0 Å². The molecule has 3 heterocycles. The Balaban J connectivity index is 1.57. The van der Waals surface area contributed by atoms with Crippen molar-refractivity contribution in [3.63, 3.8) is 0 Å². The van der Waals surface area contributed by atoms with Crippen molar-refractivity contribution < 1.29 is 14.4 Å². The maximum Gasteiger partial charge on any atom is 0.325 e. The topological polar surface area (TPSA) is 106 Å². The first kappa shape index (κ1) is 17.2. The van der Waals surface area contributed by atoms with E-state index in [2.05, 4.69) is 20.7 Å². The normalized spacial score (nSPS) is 27.0. The number of urea groups is 1. The van der Waals surface area contributed by atoms with Crippen LogP contribution in [0.3, 0.4) is 0 Å². The number of hydrogen-bond acceptors (Lipinski definition) is 6. The van der Waals surface area contributed by atoms with Crippen molar-refractivity contribution in [1.82, 2.24) is 15.5 Å². The van der Waals surface area contributed by atoms with Gasteiger partial charge in [-0.15, -0.1) is 0 Å². The standard InChI is InChI=1S/C18H20N6O3/c1-10(2)14-17(26)23(18(27)22-14)9-13-20-15-12(16(25)21-13)8-19-24(15)11-6-4-3-5-7-11/h3-8,10,12,14-15H,9H2,1-2H3,(H,22,27)(H,20,21,25)/t12-,14-,15-/m0/s1. The summed E-state index contributed by atoms with van der Waals surface area (Å²) < 4.78 is 0. The number of amidine groups is 1. The van der Waals surface area contributed by atoms with Crippen molar-refractivity contribution in [2.45, 2.75) is 26.1 Å². The fourth-order valence-corrected chi connectivity index (χ4v) is 3.37. The molecule has 1 saturated heterocycles. The molecule has 9 nitrogen and oxygen atoms in total. The number of hydrazone groups is 1. The van der Waals surface area contributed by atoms with E-state index in [1.54, 1.807) is 11.2 Å². The fourth-order valence-electron chi connectivity index (χ4n) is 3.37. The summed E-state index contributed by atoms with van der Waals surface area (Å²) in [6.07, 6.45) is 1.04. The minimum absolute atomic E-state index is 0.0180. The van der Waals surface area contributed by atoms with Gasteiger partial charge in [0.1, 0.15) is 17.8 Å². The van der Waals surface area contributed by atoms with Crippen molar-refractivity contribution in [2.24, 2.45) is 21.9 Å². The van der Waals surface area contributed by atoms with Gasteiger partial charge in [-0.25, -0.2) is 14.8 Å². The molecule has 140 valence electrons. The number of amides is 4. The summed E-state index contributed by atoms with van der Waals surface area (Å²) in [6, 6.07) is 8.39. The molecular weight excluding hydrogens is 348 g/mol. The van der Waals surface area contributed by atoms with Crippen molar-refractivity contribution in [2.75, 3.05) is 11.6 Å². The zero-order valence-electron chi connectivity index (χ0n) is 15.0. The van der Waals surface area contributed by atoms with Gasteiger partial charge in [0, 0.05) is 6.21 Å². The number of rotatable bonds is 4. The molecule has 1 fully saturated rings. The van der Waals surface area contributed by atoms with E-state index in [1.807, 2.05) is 44.2 Å². The molecule has 27 heavy (non-hydrogen) atoms. The summed E-state index contributed by atoms with van der Waals surface area (Å²) in [5, 5.41) is 11.3. The van der Waals surface area contributed by atoms with E-state index < -0.39 is 24.2 Å². The number of benzene rings is 1. The molecule has 4 amide bonds. The van der Waals surface area contributed by atoms with Crippen LogP contribution in [0.15, 0.2) is 40.4 Å². The Morgan fingerprint density at radius 3 is 2.56 bits per heavy atom. The summed E-state index contributed by atoms with van der Waals surface area (Å²) in [4.78, 5) is 42.7. The van der Waals surface area contributed by atoms with Gasteiger partial charge in [0.25, 0.3) is 5.91 Å². The van der Waals surface area contributed by atoms with Crippen molar-refractivity contribution >= 4 is 35.6 Å². The van der Waals surface area contributed by atoms with Crippen LogP contribution in [-0.2, 0) is 9.59 Å². The Labute approximate surface area is 156 Å². The molecule has 0 bridgehead atoms. The Morgan fingerprint density at radius 2 is 1.89 bits per heavy atom. The first-order chi connectivity index (χ1) is 13.0. The highest BCUT2D eigenvalue weighted by Crippen LogP contribution is 2.28. The molecule has 0 spiro atoms. The average molecular weight is 368 g/mol. The molecule has 3 atom stereocenters. The second-order valence-corrected chi connectivity index (χ2v) is 7.04. The molecule has 0 aliphatic carbocycles. The zero-order valence-corrected chi connectivity index (χ0v) is 15.0. The highest BCUT2D eigenvalue weighted by atomic mass is 16.2. The summed E-state index contributed by atoms with van der Waals surface area (Å²) in [6.45, 7) is 3.65. The predicted molar refractivity (Wildman–Crippen MR) is 99.1 cm³/mol. The highest BCUT2D eigenvalue weighted by Gasteiger charge is 2.43. The molecule has 0 aromatic heterocycles. The molecule has 9 heteroatoms. The number of para-hydroxylation sites is 1. The number of fused-ring (bicyclic) bond motifs is 1. The second-order valence-electron chi connectivity index (χ2n) is 7.04. The SMILES string of the molecule is CC(C)[C@@H]1NC(=O)N(CC2=N[C@@H]3[C@H](C=NN3c3ccccc3)C(=O)N2)C1=O. The molecular formula is C18H20N6O3. The third-order valence-corrected chi connectivity index (χ3v) is 4.83. The second kappa shape index (κ2) is 6.49. The van der Waals surface area contributed by atoms with E-state index in [-0.39, 0.29) is 30.1 Å². The lowest BCUT2D eigenvalue weighted by Gasteiger charge is -2.29. The maximum absolute atomic E-state index is 12.5. The summed E-state index contributed by atoms with van der Waals surface area (Å²) >= 11 is 0. The third-order valence-electron chi connectivity index (χ3n) is 4.83. The van der Waals surface area contributed by atoms with E-state index in [1.165, 1.54) is 0 Å². The Bertz CT molecular complexity index is 850. The molecule has 0 radical (unpaired) electrons. The van der Waals surface area contributed by atoms with E-state index in [4.69, 9.17) is 0 Å². The smallest absolute Gasteiger partial charge is 0.325 e. The molecule has 3 aliphatic heterocycles. The van der Waals surface area contributed by atoms with Gasteiger partial charge in [0.15, 0.2) is 6.17 Å². The van der Waals surface area contributed by atoms with E-state index in [0.29, 0.717) is 0 Å². The van der Waals surface area contributed by atoms with Crippen LogP contribution in [0, 0.1) is 11.8 Å². The maximum atomic E-state index is 12.5. The van der Waals surface area contributed by atoms with Gasteiger partial charge in [-0.1, -0.05) is 32.0 Å². The number of aliphatic imine (C=N–C) groups is 1. The lowest BCUT2D eigenvalue weighted by molar-refractivity contribution is -0.128. The number of hydrogen-bond donors (Lipinski definition) is 2. The molecule has 0 unspecified atom stereocenters. The first-order valence-electron chi connectivity index (χ1n) is 8.83. The molecule has 4 rings (SSSR count). The minimum atomic E-state index is -0.555. The van der Waals surface area contributed by atoms with Crippen LogP contribution in [0.5, 0.6) is 0 Å². The Morgan fingerprint density at radius 1 is 1.15 bits per heavy atom. The van der Waals surface area contributed by atoms with Gasteiger partial charge >= 0.3 is 6.03 Å². The van der Waals surface area contributed by atoms with Crippen LogP contribution >= 0.6 is 0 Å². The number of anilines is 1. The Hall–Kier alpha value is -3.23. The van der Waals surface area contributed by atoms with Gasteiger partial charge in [-0.2, -0.15) is 5.10 Å². The number of carbonyl (C=O) groups excluding carboxylic acids is 3. The van der Waals surface area contributed by atoms with Gasteiger partial charge in [0.2, 0.25) is 5.91 Å². The largest absolute Gasteiger partial charge is 0.326 e. The van der Waals surface area contributed by atoms with E-state index in [9.17, 15) is 14.4 Å². The van der Waals surface area contributed by atoms with Crippen molar-refractivity contribution in [1.29, 1.82) is 0 Å². The van der Waals surface area contributed by atoms with Crippen LogP contribution in [0.25, 0.3) is 0 Å². The van der Waals surface area contributed by atoms with Gasteiger partial charge in [-0.3, -0.25) is 14.5 Å². The summed E-state index contributed by atoms with van der Waals surface area (Å²) in [7, 11) is 0. The summed E-state index contributed by atoms with van der Waals surface area (Å²) in [5.74, 6) is -0.812. The molecule has 0 saturated carbocycles. The van der Waals surface area contributed by atoms with Gasteiger partial charge < -0.3 is 10.6 Å². The summed E-state index contributed by atoms with van der Waals surface area (Å²) in [5.41, 5.74) is 0.814. The predicted octanol–water partition coefficient (Wildman–Crippen LogP) is 0.539. The minimum Gasteiger partial charge on any atom is -0.326 e. The number of imide groups is 1. The molecule has 1 aromatic rings. The number of carbonyl (C=O) groups is 3. The van der Waals surface area contributed by atoms with Crippen LogP contribution in [0.4, 0.5) is 10.5 Å². The van der Waals surface area contributed by atoms with Crippen molar-refractivity contribution in [3.05, 3.63) is 30.3 Å². The van der Waals surface area contributed by atoms with E-state index in [0.717, 1.165) is 10.6 Å². The van der Waals surface area contributed by atoms with E-state index >= 15 is 0 Å². The lowest BCUT2D eigenvalue weighted by Crippen LogP contribution is -2.52. The molecule has 2 N–H and O–H groups in total. The van der Waals surface area contributed by atoms with Crippen LogP contribution in [-0.4, -0.2) is 53.5 Å². The molecule has 3 aliphatic rings. The van der Waals surface area contributed by atoms with Crippen molar-refractivity contribution in [3.8, 4) is 0 Å². The van der Waals surface area contributed by atoms with Crippen LogP contribution < -0.4 is 15.6 Å². The van der Waals surface area contributed by atoms with Gasteiger partial charge in [0.05, 0.1) is 12.2 Å². The third kappa shape index (κ3) is 2.94. The highest BCUT2D eigenvalue weighted by molar-refractivity contribution is 6.12. The quantitative estimate of drug-likeness (QED) is 0.757. The Kier molecular flexibility index (Phi) is 4.14. The fraction of sp³-hybridized carbons (Fsp3) is 0.389. The van der Waals surface area contributed by atoms with Gasteiger partial charge in [-0.05, 0) is 18.1 Å². The number of nitrogens with zero attached hydrogens (tertiary/aromatic N) is 4. The number of nitrogens with one attached hydrogen (secondary N) is 2. The monoisotopic (exact) mass is 368 g/mol. The van der Waals surface area contributed by atoms with Crippen LogP contribution in [0.1, 0.15) is 13.8 Å². The first-order valence-corrected chi connectivity index (χ1v) is 8.83. The lowest BCUT2D eigenvalue weighted by atomic mass is 10.0. The molecule has 1 aromatic carbocycles. The zero-order chi connectivity index (χ0) is 19.1.